The Kier molecular flexibility index (Phi) is 4.05. The molecule has 0 aliphatic rings. The van der Waals surface area contributed by atoms with E-state index in [0.717, 1.165) is 11.1 Å². The second kappa shape index (κ2) is 4.29. The van der Waals surface area contributed by atoms with Crippen LogP contribution in [0.3, 0.4) is 0 Å². The fourth-order valence-electron chi connectivity index (χ4n) is 0.606. The topological polar surface area (TPSA) is 12.4 Å². The molecule has 56 valence electrons. The third-order valence-electron chi connectivity index (χ3n) is 0.985. The SMILES string of the molecule is C=C(C)/C=C(/C)C(Cl)=NC. The first-order valence-electron chi connectivity index (χ1n) is 3.04. The van der Waals surface area contributed by atoms with Gasteiger partial charge in [-0.05, 0) is 19.4 Å². The van der Waals surface area contributed by atoms with E-state index in [4.69, 9.17) is 11.6 Å². The van der Waals surface area contributed by atoms with Crippen molar-refractivity contribution in [2.45, 2.75) is 13.8 Å². The highest BCUT2D eigenvalue weighted by molar-refractivity contribution is 6.69. The summed E-state index contributed by atoms with van der Waals surface area (Å²) in [4.78, 5) is 3.81. The van der Waals surface area contributed by atoms with E-state index in [1.165, 1.54) is 0 Å². The lowest BCUT2D eigenvalue weighted by Crippen LogP contribution is -1.88. The molecule has 0 atom stereocenters. The Bertz CT molecular complexity index is 189. The minimum atomic E-state index is 0.544. The average Bonchev–Trinajstić information content (AvgIpc) is 1.85. The van der Waals surface area contributed by atoms with Gasteiger partial charge < -0.3 is 0 Å². The molecule has 0 aromatic carbocycles. The maximum Gasteiger partial charge on any atom is 0.126 e. The Balaban J connectivity index is 4.35. The fraction of sp³-hybridized carbons (Fsp3) is 0.375. The van der Waals surface area contributed by atoms with Gasteiger partial charge >= 0.3 is 0 Å². The first-order valence-corrected chi connectivity index (χ1v) is 3.42. The van der Waals surface area contributed by atoms with Crippen LogP contribution in [0.1, 0.15) is 13.8 Å². The molecule has 10 heavy (non-hydrogen) atoms. The average molecular weight is 158 g/mol. The maximum absolute atomic E-state index is 5.70. The quantitative estimate of drug-likeness (QED) is 0.432. The zero-order valence-corrected chi connectivity index (χ0v) is 7.37. The van der Waals surface area contributed by atoms with Crippen LogP contribution in [-0.4, -0.2) is 12.2 Å². The van der Waals surface area contributed by atoms with Crippen LogP contribution in [-0.2, 0) is 0 Å². The number of hydrogen-bond acceptors (Lipinski definition) is 1. The summed E-state index contributed by atoms with van der Waals surface area (Å²) in [6.07, 6.45) is 1.90. The third-order valence-corrected chi connectivity index (χ3v) is 1.45. The van der Waals surface area contributed by atoms with Gasteiger partial charge in [0.1, 0.15) is 5.17 Å². The van der Waals surface area contributed by atoms with Crippen molar-refractivity contribution in [3.05, 3.63) is 23.8 Å². The molecule has 0 rings (SSSR count). The third kappa shape index (κ3) is 3.46. The van der Waals surface area contributed by atoms with Crippen molar-refractivity contribution in [1.29, 1.82) is 0 Å². The number of aliphatic imine (C=N–C) groups is 1. The normalized spacial score (nSPS) is 13.6. The van der Waals surface area contributed by atoms with E-state index in [2.05, 4.69) is 11.6 Å². The Morgan fingerprint density at radius 1 is 1.50 bits per heavy atom. The van der Waals surface area contributed by atoms with E-state index in [-0.39, 0.29) is 0 Å². The molecule has 0 bridgehead atoms. The van der Waals surface area contributed by atoms with E-state index in [1.807, 2.05) is 19.9 Å². The molecule has 0 N–H and O–H groups in total. The van der Waals surface area contributed by atoms with Gasteiger partial charge in [-0.1, -0.05) is 29.8 Å². The molecule has 1 nitrogen and oxygen atoms in total. The van der Waals surface area contributed by atoms with Crippen molar-refractivity contribution in [3.8, 4) is 0 Å². The largest absolute Gasteiger partial charge is 0.276 e. The molecule has 2 heteroatoms. The minimum Gasteiger partial charge on any atom is -0.276 e. The van der Waals surface area contributed by atoms with Gasteiger partial charge in [0.25, 0.3) is 0 Å². The maximum atomic E-state index is 5.70. The lowest BCUT2D eigenvalue weighted by atomic mass is 10.2. The van der Waals surface area contributed by atoms with Crippen LogP contribution in [0.2, 0.25) is 0 Å². The number of allylic oxidation sites excluding steroid dienone is 3. The highest BCUT2D eigenvalue weighted by Crippen LogP contribution is 2.04. The number of nitrogens with zero attached hydrogens (tertiary/aromatic N) is 1. The zero-order valence-electron chi connectivity index (χ0n) is 6.61. The second-order valence-electron chi connectivity index (χ2n) is 2.19. The molecule has 0 aliphatic heterocycles. The molecule has 0 aliphatic carbocycles. The standard InChI is InChI=1S/C8H12ClN/c1-6(2)5-7(3)8(9)10-4/h5H,1H2,2-4H3/b7-5-,10-8?. The van der Waals surface area contributed by atoms with Crippen LogP contribution in [0.25, 0.3) is 0 Å². The van der Waals surface area contributed by atoms with Gasteiger partial charge in [0.15, 0.2) is 0 Å². The van der Waals surface area contributed by atoms with Gasteiger partial charge in [-0.3, -0.25) is 4.99 Å². The van der Waals surface area contributed by atoms with Crippen molar-refractivity contribution < 1.29 is 0 Å². The van der Waals surface area contributed by atoms with Gasteiger partial charge in [0, 0.05) is 7.05 Å². The zero-order chi connectivity index (χ0) is 8.15. The summed E-state index contributed by atoms with van der Waals surface area (Å²) in [5, 5.41) is 0.544. The first-order chi connectivity index (χ1) is 4.57. The predicted octanol–water partition coefficient (Wildman–Crippen LogP) is 2.78. The molecule has 0 amide bonds. The Hall–Kier alpha value is -0.560. The molecule has 0 saturated carbocycles. The van der Waals surface area contributed by atoms with E-state index in [1.54, 1.807) is 7.05 Å². The van der Waals surface area contributed by atoms with Gasteiger partial charge in [-0.15, -0.1) is 0 Å². The first kappa shape index (κ1) is 9.44. The van der Waals surface area contributed by atoms with Crippen molar-refractivity contribution in [1.82, 2.24) is 0 Å². The van der Waals surface area contributed by atoms with Crippen molar-refractivity contribution >= 4 is 16.8 Å². The van der Waals surface area contributed by atoms with Crippen LogP contribution in [0.15, 0.2) is 28.8 Å². The van der Waals surface area contributed by atoms with Crippen molar-refractivity contribution in [2.75, 3.05) is 7.05 Å². The van der Waals surface area contributed by atoms with Gasteiger partial charge in [0.05, 0.1) is 0 Å². The second-order valence-corrected chi connectivity index (χ2v) is 2.55. The van der Waals surface area contributed by atoms with Crippen LogP contribution in [0.4, 0.5) is 0 Å². The predicted molar refractivity (Wildman–Crippen MR) is 47.8 cm³/mol. The van der Waals surface area contributed by atoms with E-state index >= 15 is 0 Å². The number of rotatable bonds is 2. The molecule has 0 radical (unpaired) electrons. The Labute approximate surface area is 67.1 Å². The van der Waals surface area contributed by atoms with Gasteiger partial charge in [-0.2, -0.15) is 0 Å². The molecule has 0 unspecified atom stereocenters. The van der Waals surface area contributed by atoms with Crippen molar-refractivity contribution in [2.24, 2.45) is 4.99 Å². The minimum absolute atomic E-state index is 0.544. The van der Waals surface area contributed by atoms with Crippen LogP contribution in [0, 0.1) is 0 Å². The summed E-state index contributed by atoms with van der Waals surface area (Å²) in [6.45, 7) is 7.55. The highest BCUT2D eigenvalue weighted by Gasteiger charge is 1.93. The molecule has 0 fully saturated rings. The fourth-order valence-corrected chi connectivity index (χ4v) is 0.660. The molecule has 0 spiro atoms. The molecule has 0 aromatic rings. The summed E-state index contributed by atoms with van der Waals surface area (Å²) in [5.74, 6) is 0. The molecular formula is C8H12ClN. The van der Waals surface area contributed by atoms with Crippen LogP contribution < -0.4 is 0 Å². The van der Waals surface area contributed by atoms with Crippen LogP contribution >= 0.6 is 11.6 Å². The Morgan fingerprint density at radius 2 is 2.00 bits per heavy atom. The van der Waals surface area contributed by atoms with E-state index < -0.39 is 0 Å². The summed E-state index contributed by atoms with van der Waals surface area (Å²) in [5.41, 5.74) is 1.94. The highest BCUT2D eigenvalue weighted by atomic mass is 35.5. The summed E-state index contributed by atoms with van der Waals surface area (Å²) in [7, 11) is 1.66. The van der Waals surface area contributed by atoms with Crippen molar-refractivity contribution in [3.63, 3.8) is 0 Å². The molecule has 0 saturated heterocycles. The van der Waals surface area contributed by atoms with E-state index in [0.29, 0.717) is 5.17 Å². The Morgan fingerprint density at radius 3 is 2.30 bits per heavy atom. The lowest BCUT2D eigenvalue weighted by Gasteiger charge is -1.95. The summed E-state index contributed by atoms with van der Waals surface area (Å²) in [6, 6.07) is 0. The summed E-state index contributed by atoms with van der Waals surface area (Å²) < 4.78 is 0. The molecule has 0 aromatic heterocycles. The summed E-state index contributed by atoms with van der Waals surface area (Å²) >= 11 is 5.70. The monoisotopic (exact) mass is 157 g/mol. The molecule has 0 heterocycles. The van der Waals surface area contributed by atoms with Gasteiger partial charge in [0.2, 0.25) is 0 Å². The van der Waals surface area contributed by atoms with Gasteiger partial charge in [-0.25, -0.2) is 0 Å². The number of halogens is 1. The lowest BCUT2D eigenvalue weighted by molar-refractivity contribution is 1.42. The molecular weight excluding hydrogens is 146 g/mol. The van der Waals surface area contributed by atoms with Crippen LogP contribution in [0.5, 0.6) is 0 Å². The smallest absolute Gasteiger partial charge is 0.126 e. The number of hydrogen-bond donors (Lipinski definition) is 0. The van der Waals surface area contributed by atoms with E-state index in [9.17, 15) is 0 Å².